The summed E-state index contributed by atoms with van der Waals surface area (Å²) >= 11 is 0. The lowest BCUT2D eigenvalue weighted by Crippen LogP contribution is -2.37. The van der Waals surface area contributed by atoms with E-state index >= 15 is 0 Å². The Balaban J connectivity index is 1.85. The fraction of sp³-hybridized carbons (Fsp3) is 0.389. The van der Waals surface area contributed by atoms with Crippen molar-refractivity contribution in [2.45, 2.75) is 31.7 Å². The van der Waals surface area contributed by atoms with Crippen LogP contribution in [0.3, 0.4) is 0 Å². The molecule has 0 heterocycles. The monoisotopic (exact) mass is 264 g/mol. The number of allylic oxidation sites excluding steroid dienone is 4. The van der Waals surface area contributed by atoms with Crippen molar-refractivity contribution in [2.75, 3.05) is 0 Å². The molecule has 0 bridgehead atoms. The number of hydrogen-bond donors (Lipinski definition) is 1. The van der Waals surface area contributed by atoms with E-state index in [1.807, 2.05) is 18.2 Å². The number of nitrogens with two attached hydrogens (primary N) is 1. The molecule has 0 radical (unpaired) electrons. The fourth-order valence-electron chi connectivity index (χ4n) is 3.57. The topological polar surface area (TPSA) is 49.8 Å². The zero-order chi connectivity index (χ0) is 14.0. The summed E-state index contributed by atoms with van der Waals surface area (Å²) in [6, 6.07) is 13.0. The van der Waals surface area contributed by atoms with E-state index in [0.29, 0.717) is 5.92 Å². The zero-order valence-electron chi connectivity index (χ0n) is 11.6. The quantitative estimate of drug-likeness (QED) is 0.886. The van der Waals surface area contributed by atoms with Gasteiger partial charge in [0, 0.05) is 6.04 Å². The smallest absolute Gasteiger partial charge is 0.0834 e. The predicted octanol–water partition coefficient (Wildman–Crippen LogP) is 3.67. The lowest BCUT2D eigenvalue weighted by molar-refractivity contribution is 0.286. The molecule has 3 rings (SSSR count). The van der Waals surface area contributed by atoms with E-state index in [2.05, 4.69) is 36.4 Å². The van der Waals surface area contributed by atoms with E-state index in [1.54, 1.807) is 0 Å². The van der Waals surface area contributed by atoms with E-state index in [-0.39, 0.29) is 6.04 Å². The van der Waals surface area contributed by atoms with E-state index in [0.717, 1.165) is 25.7 Å². The first-order chi connectivity index (χ1) is 9.75. The molecule has 3 atom stereocenters. The highest BCUT2D eigenvalue weighted by Gasteiger charge is 2.42. The second-order valence-corrected chi connectivity index (χ2v) is 5.92. The normalized spacial score (nSPS) is 32.7. The van der Waals surface area contributed by atoms with Crippen molar-refractivity contribution >= 4 is 5.57 Å². The third-order valence-electron chi connectivity index (χ3n) is 4.77. The van der Waals surface area contributed by atoms with Gasteiger partial charge in [-0.05, 0) is 36.3 Å². The van der Waals surface area contributed by atoms with Gasteiger partial charge in [0.2, 0.25) is 0 Å². The van der Waals surface area contributed by atoms with Gasteiger partial charge in [-0.1, -0.05) is 55.0 Å². The molecular formula is C18H20N2. The van der Waals surface area contributed by atoms with Gasteiger partial charge in [-0.15, -0.1) is 0 Å². The van der Waals surface area contributed by atoms with Gasteiger partial charge in [0.25, 0.3) is 0 Å². The summed E-state index contributed by atoms with van der Waals surface area (Å²) in [7, 11) is 0. The maximum absolute atomic E-state index is 9.69. The Morgan fingerprint density at radius 1 is 1.20 bits per heavy atom. The Bertz CT molecular complexity index is 579. The minimum absolute atomic E-state index is 0.172. The van der Waals surface area contributed by atoms with Gasteiger partial charge in [-0.3, -0.25) is 0 Å². The van der Waals surface area contributed by atoms with Gasteiger partial charge in [0.1, 0.15) is 0 Å². The SMILES string of the molecule is N#CC1(C2CCCC2N)C=CC(c2ccccc2)=CC1. The third-order valence-corrected chi connectivity index (χ3v) is 4.77. The van der Waals surface area contributed by atoms with Gasteiger partial charge in [-0.25, -0.2) is 0 Å². The average molecular weight is 264 g/mol. The van der Waals surface area contributed by atoms with Gasteiger partial charge < -0.3 is 5.73 Å². The Kier molecular flexibility index (Phi) is 3.46. The zero-order valence-corrected chi connectivity index (χ0v) is 11.6. The van der Waals surface area contributed by atoms with Crippen molar-refractivity contribution in [3.8, 4) is 6.07 Å². The highest BCUT2D eigenvalue weighted by Crippen LogP contribution is 2.45. The summed E-state index contributed by atoms with van der Waals surface area (Å²) in [4.78, 5) is 0. The van der Waals surface area contributed by atoms with Gasteiger partial charge in [0.05, 0.1) is 11.5 Å². The molecular weight excluding hydrogens is 244 g/mol. The molecule has 0 saturated heterocycles. The molecule has 102 valence electrons. The second kappa shape index (κ2) is 5.26. The van der Waals surface area contributed by atoms with Gasteiger partial charge in [-0.2, -0.15) is 5.26 Å². The molecule has 0 spiro atoms. The van der Waals surface area contributed by atoms with Crippen molar-refractivity contribution in [2.24, 2.45) is 17.1 Å². The maximum Gasteiger partial charge on any atom is 0.0834 e. The van der Waals surface area contributed by atoms with Crippen LogP contribution in [-0.2, 0) is 0 Å². The van der Waals surface area contributed by atoms with Crippen molar-refractivity contribution in [1.82, 2.24) is 0 Å². The van der Waals surface area contributed by atoms with Crippen LogP contribution in [0.5, 0.6) is 0 Å². The molecule has 3 unspecified atom stereocenters. The van der Waals surface area contributed by atoms with E-state index in [4.69, 9.17) is 5.73 Å². The molecule has 0 aromatic heterocycles. The van der Waals surface area contributed by atoms with Crippen LogP contribution in [0.1, 0.15) is 31.2 Å². The summed E-state index contributed by atoms with van der Waals surface area (Å²) in [6.45, 7) is 0. The summed E-state index contributed by atoms with van der Waals surface area (Å²) in [5.74, 6) is 0.303. The Morgan fingerprint density at radius 3 is 2.55 bits per heavy atom. The van der Waals surface area contributed by atoms with Crippen LogP contribution in [0.4, 0.5) is 0 Å². The number of rotatable bonds is 2. The average Bonchev–Trinajstić information content (AvgIpc) is 2.95. The van der Waals surface area contributed by atoms with Crippen LogP contribution in [0, 0.1) is 22.7 Å². The first-order valence-corrected chi connectivity index (χ1v) is 7.37. The van der Waals surface area contributed by atoms with Crippen LogP contribution in [0.25, 0.3) is 5.57 Å². The lowest BCUT2D eigenvalue weighted by atomic mass is 9.69. The molecule has 1 aromatic carbocycles. The molecule has 2 heteroatoms. The number of benzene rings is 1. The predicted molar refractivity (Wildman–Crippen MR) is 81.5 cm³/mol. The highest BCUT2D eigenvalue weighted by molar-refractivity contribution is 5.75. The molecule has 2 aliphatic rings. The first kappa shape index (κ1) is 13.1. The minimum atomic E-state index is -0.395. The summed E-state index contributed by atoms with van der Waals surface area (Å²) < 4.78 is 0. The summed E-state index contributed by atoms with van der Waals surface area (Å²) in [5.41, 5.74) is 8.24. The Morgan fingerprint density at radius 2 is 2.00 bits per heavy atom. The van der Waals surface area contributed by atoms with Gasteiger partial charge in [0.15, 0.2) is 0 Å². The number of nitriles is 1. The Labute approximate surface area is 120 Å². The molecule has 0 aliphatic heterocycles. The number of hydrogen-bond acceptors (Lipinski definition) is 2. The van der Waals surface area contributed by atoms with Crippen LogP contribution >= 0.6 is 0 Å². The largest absolute Gasteiger partial charge is 0.327 e. The fourth-order valence-corrected chi connectivity index (χ4v) is 3.57. The van der Waals surface area contributed by atoms with Crippen LogP contribution in [0.2, 0.25) is 0 Å². The van der Waals surface area contributed by atoms with Crippen LogP contribution < -0.4 is 5.73 Å². The van der Waals surface area contributed by atoms with E-state index in [1.165, 1.54) is 11.1 Å². The van der Waals surface area contributed by atoms with Crippen molar-refractivity contribution in [3.05, 3.63) is 54.1 Å². The molecule has 0 amide bonds. The maximum atomic E-state index is 9.69. The van der Waals surface area contributed by atoms with E-state index in [9.17, 15) is 5.26 Å². The number of nitrogens with zero attached hydrogens (tertiary/aromatic N) is 1. The molecule has 1 fully saturated rings. The van der Waals surface area contributed by atoms with Crippen molar-refractivity contribution in [3.63, 3.8) is 0 Å². The van der Waals surface area contributed by atoms with Crippen molar-refractivity contribution in [1.29, 1.82) is 5.26 Å². The summed E-state index contributed by atoms with van der Waals surface area (Å²) in [5, 5.41) is 9.69. The molecule has 1 saturated carbocycles. The first-order valence-electron chi connectivity index (χ1n) is 7.37. The minimum Gasteiger partial charge on any atom is -0.327 e. The molecule has 2 N–H and O–H groups in total. The van der Waals surface area contributed by atoms with E-state index < -0.39 is 5.41 Å². The molecule has 2 nitrogen and oxygen atoms in total. The standard InChI is InChI=1S/C18H20N2/c19-13-18(16-7-4-8-17(16)20)11-9-15(10-12-18)14-5-2-1-3-6-14/h1-3,5-6,9-11,16-17H,4,7-8,12,20H2. The summed E-state index contributed by atoms with van der Waals surface area (Å²) in [6.07, 6.45) is 10.5. The molecule has 2 aliphatic carbocycles. The van der Waals surface area contributed by atoms with Crippen molar-refractivity contribution < 1.29 is 0 Å². The third kappa shape index (κ3) is 2.19. The molecule has 1 aromatic rings. The van der Waals surface area contributed by atoms with Gasteiger partial charge >= 0.3 is 0 Å². The Hall–Kier alpha value is -1.85. The highest BCUT2D eigenvalue weighted by atomic mass is 14.7. The lowest BCUT2D eigenvalue weighted by Gasteiger charge is -2.34. The van der Waals surface area contributed by atoms with Crippen LogP contribution in [-0.4, -0.2) is 6.04 Å². The van der Waals surface area contributed by atoms with Crippen LogP contribution in [0.15, 0.2) is 48.6 Å². The molecule has 20 heavy (non-hydrogen) atoms. The second-order valence-electron chi connectivity index (χ2n) is 5.92.